The molecule has 1 saturated heterocycles. The highest BCUT2D eigenvalue weighted by Gasteiger charge is 2.20. The smallest absolute Gasteiger partial charge is 0.219 e. The number of amides is 1. The second-order valence-corrected chi connectivity index (χ2v) is 6.32. The lowest BCUT2D eigenvalue weighted by atomic mass is 10.0. The molecule has 0 aliphatic carbocycles. The van der Waals surface area contributed by atoms with Crippen molar-refractivity contribution in [2.75, 3.05) is 18.4 Å². The van der Waals surface area contributed by atoms with Gasteiger partial charge in [0.05, 0.1) is 0 Å². The van der Waals surface area contributed by atoms with Crippen LogP contribution in [0.5, 0.6) is 0 Å². The van der Waals surface area contributed by atoms with E-state index in [0.29, 0.717) is 6.04 Å². The number of hydrogen-bond acceptors (Lipinski definition) is 2. The minimum atomic E-state index is 0.179. The first-order chi connectivity index (χ1) is 8.56. The largest absolute Gasteiger partial charge is 0.381 e. The van der Waals surface area contributed by atoms with Crippen molar-refractivity contribution >= 4 is 43.5 Å². The van der Waals surface area contributed by atoms with Gasteiger partial charge in [0, 0.05) is 40.7 Å². The number of benzene rings is 1. The van der Waals surface area contributed by atoms with Gasteiger partial charge in [-0.1, -0.05) is 15.9 Å². The molecule has 1 N–H and O–H groups in total. The Morgan fingerprint density at radius 3 is 2.56 bits per heavy atom. The molecule has 5 heteroatoms. The van der Waals surface area contributed by atoms with Gasteiger partial charge in [-0.15, -0.1) is 0 Å². The number of carbonyl (C=O) groups excluding carboxylic acids is 1. The normalized spacial score (nSPS) is 16.7. The van der Waals surface area contributed by atoms with E-state index in [2.05, 4.69) is 43.2 Å². The molecule has 1 aliphatic heterocycles. The average Bonchev–Trinajstić information content (AvgIpc) is 2.33. The molecule has 0 spiro atoms. The van der Waals surface area contributed by atoms with Crippen LogP contribution < -0.4 is 5.32 Å². The molecular formula is C13H16Br2N2O. The Labute approximate surface area is 124 Å². The van der Waals surface area contributed by atoms with Crippen molar-refractivity contribution < 1.29 is 4.79 Å². The number of likely N-dealkylation sites (tertiary alicyclic amines) is 1. The van der Waals surface area contributed by atoms with Gasteiger partial charge >= 0.3 is 0 Å². The zero-order valence-corrected chi connectivity index (χ0v) is 13.4. The highest BCUT2D eigenvalue weighted by Crippen LogP contribution is 2.28. The van der Waals surface area contributed by atoms with E-state index in [1.54, 1.807) is 6.92 Å². The molecule has 18 heavy (non-hydrogen) atoms. The van der Waals surface area contributed by atoms with Crippen LogP contribution in [0.15, 0.2) is 27.1 Å². The number of hydrogen-bond donors (Lipinski definition) is 1. The van der Waals surface area contributed by atoms with Gasteiger partial charge in [0.2, 0.25) is 5.91 Å². The van der Waals surface area contributed by atoms with E-state index in [4.69, 9.17) is 0 Å². The Morgan fingerprint density at radius 2 is 2.00 bits per heavy atom. The summed E-state index contributed by atoms with van der Waals surface area (Å²) in [6.45, 7) is 3.33. The molecule has 2 rings (SSSR count). The summed E-state index contributed by atoms with van der Waals surface area (Å²) in [6, 6.07) is 6.56. The Bertz CT molecular complexity index is 443. The third kappa shape index (κ3) is 3.48. The van der Waals surface area contributed by atoms with Crippen LogP contribution in [-0.4, -0.2) is 29.9 Å². The summed E-state index contributed by atoms with van der Waals surface area (Å²) < 4.78 is 2.12. The summed E-state index contributed by atoms with van der Waals surface area (Å²) >= 11 is 7.00. The molecule has 1 aliphatic rings. The molecule has 0 aromatic heterocycles. The van der Waals surface area contributed by atoms with Crippen molar-refractivity contribution in [3.05, 3.63) is 27.1 Å². The molecule has 0 bridgehead atoms. The molecule has 1 heterocycles. The molecule has 0 unspecified atom stereocenters. The van der Waals surface area contributed by atoms with Crippen molar-refractivity contribution in [3.63, 3.8) is 0 Å². The summed E-state index contributed by atoms with van der Waals surface area (Å²) in [6.07, 6.45) is 2.00. The van der Waals surface area contributed by atoms with Crippen molar-refractivity contribution in [1.29, 1.82) is 0 Å². The fourth-order valence-electron chi connectivity index (χ4n) is 2.17. The van der Waals surface area contributed by atoms with Crippen LogP contribution in [0.1, 0.15) is 19.8 Å². The third-order valence-electron chi connectivity index (χ3n) is 3.23. The lowest BCUT2D eigenvalue weighted by Crippen LogP contribution is -2.41. The van der Waals surface area contributed by atoms with E-state index in [1.807, 2.05) is 17.0 Å². The molecular weight excluding hydrogens is 360 g/mol. The van der Waals surface area contributed by atoms with Gasteiger partial charge in [-0.2, -0.15) is 0 Å². The molecule has 0 saturated carbocycles. The van der Waals surface area contributed by atoms with E-state index in [1.165, 1.54) is 0 Å². The number of carbonyl (C=O) groups is 1. The van der Waals surface area contributed by atoms with E-state index >= 15 is 0 Å². The third-order valence-corrected chi connectivity index (χ3v) is 4.38. The lowest BCUT2D eigenvalue weighted by molar-refractivity contribution is -0.129. The molecule has 3 nitrogen and oxygen atoms in total. The molecule has 1 amide bonds. The maximum atomic E-state index is 11.2. The predicted octanol–water partition coefficient (Wildman–Crippen LogP) is 3.63. The van der Waals surface area contributed by atoms with Gasteiger partial charge in [0.1, 0.15) is 0 Å². The summed E-state index contributed by atoms with van der Waals surface area (Å²) in [5.41, 5.74) is 1.11. The Kier molecular flexibility index (Phi) is 4.67. The molecule has 1 aromatic carbocycles. The average molecular weight is 376 g/mol. The minimum absolute atomic E-state index is 0.179. The van der Waals surface area contributed by atoms with Gasteiger partial charge in [-0.3, -0.25) is 4.79 Å². The van der Waals surface area contributed by atoms with Gasteiger partial charge < -0.3 is 10.2 Å². The van der Waals surface area contributed by atoms with Gasteiger partial charge in [0.15, 0.2) is 0 Å². The minimum Gasteiger partial charge on any atom is -0.381 e. The number of piperidine rings is 1. The van der Waals surface area contributed by atoms with Crippen LogP contribution in [0.2, 0.25) is 0 Å². The standard InChI is InChI=1S/C13H16Br2N2O/c1-9(18)17-6-4-11(5-7-17)16-13-3-2-10(14)8-12(13)15/h2-3,8,11,16H,4-7H2,1H3. The zero-order chi connectivity index (χ0) is 13.1. The van der Waals surface area contributed by atoms with Crippen LogP contribution in [0.4, 0.5) is 5.69 Å². The highest BCUT2D eigenvalue weighted by atomic mass is 79.9. The van der Waals surface area contributed by atoms with Crippen LogP contribution in [-0.2, 0) is 4.79 Å². The Morgan fingerprint density at radius 1 is 1.33 bits per heavy atom. The first kappa shape index (κ1) is 13.9. The number of halogens is 2. The zero-order valence-electron chi connectivity index (χ0n) is 10.2. The van der Waals surface area contributed by atoms with E-state index in [-0.39, 0.29) is 5.91 Å². The summed E-state index contributed by atoms with van der Waals surface area (Å²) in [4.78, 5) is 13.2. The highest BCUT2D eigenvalue weighted by molar-refractivity contribution is 9.11. The molecule has 98 valence electrons. The second kappa shape index (κ2) is 6.06. The number of nitrogens with one attached hydrogen (secondary N) is 1. The van der Waals surface area contributed by atoms with Crippen LogP contribution in [0, 0.1) is 0 Å². The molecule has 0 atom stereocenters. The number of anilines is 1. The summed E-state index contributed by atoms with van der Waals surface area (Å²) in [5, 5.41) is 3.53. The summed E-state index contributed by atoms with van der Waals surface area (Å²) in [7, 11) is 0. The SMILES string of the molecule is CC(=O)N1CCC(Nc2ccc(Br)cc2Br)CC1. The lowest BCUT2D eigenvalue weighted by Gasteiger charge is -2.32. The fraction of sp³-hybridized carbons (Fsp3) is 0.462. The molecule has 1 aromatic rings. The van der Waals surface area contributed by atoms with Crippen LogP contribution >= 0.6 is 31.9 Å². The Balaban J connectivity index is 1.93. The van der Waals surface area contributed by atoms with Crippen molar-refractivity contribution in [3.8, 4) is 0 Å². The fourth-order valence-corrected chi connectivity index (χ4v) is 3.33. The van der Waals surface area contributed by atoms with E-state index in [9.17, 15) is 4.79 Å². The number of rotatable bonds is 2. The molecule has 1 fully saturated rings. The van der Waals surface area contributed by atoms with Crippen LogP contribution in [0.25, 0.3) is 0 Å². The topological polar surface area (TPSA) is 32.3 Å². The maximum absolute atomic E-state index is 11.2. The number of nitrogens with zero attached hydrogens (tertiary/aromatic N) is 1. The van der Waals surface area contributed by atoms with Crippen LogP contribution in [0.3, 0.4) is 0 Å². The first-order valence-corrected chi connectivity index (χ1v) is 7.62. The van der Waals surface area contributed by atoms with Crippen molar-refractivity contribution in [1.82, 2.24) is 4.90 Å². The van der Waals surface area contributed by atoms with E-state index in [0.717, 1.165) is 40.6 Å². The van der Waals surface area contributed by atoms with Gasteiger partial charge in [-0.05, 0) is 47.0 Å². The maximum Gasteiger partial charge on any atom is 0.219 e. The van der Waals surface area contributed by atoms with Crippen molar-refractivity contribution in [2.45, 2.75) is 25.8 Å². The Hall–Kier alpha value is -0.550. The second-order valence-electron chi connectivity index (χ2n) is 4.55. The van der Waals surface area contributed by atoms with Gasteiger partial charge in [-0.25, -0.2) is 0 Å². The predicted molar refractivity (Wildman–Crippen MR) is 80.7 cm³/mol. The summed E-state index contributed by atoms with van der Waals surface area (Å²) in [5.74, 6) is 0.179. The van der Waals surface area contributed by atoms with Gasteiger partial charge in [0.25, 0.3) is 0 Å². The quantitative estimate of drug-likeness (QED) is 0.855. The van der Waals surface area contributed by atoms with E-state index < -0.39 is 0 Å². The first-order valence-electron chi connectivity index (χ1n) is 6.03. The molecule has 0 radical (unpaired) electrons. The van der Waals surface area contributed by atoms with Crippen molar-refractivity contribution in [2.24, 2.45) is 0 Å². The monoisotopic (exact) mass is 374 g/mol.